The molecular formula is C23H24FN3OS. The lowest BCUT2D eigenvalue weighted by Crippen LogP contribution is -2.30. The van der Waals surface area contributed by atoms with Gasteiger partial charge in [-0.1, -0.05) is 55.9 Å². The maximum Gasteiger partial charge on any atom is 0.238 e. The number of amides is 1. The van der Waals surface area contributed by atoms with Gasteiger partial charge in [0.1, 0.15) is 11.1 Å². The summed E-state index contributed by atoms with van der Waals surface area (Å²) in [4.78, 5) is 17.5. The molecule has 29 heavy (non-hydrogen) atoms. The molecule has 1 amide bonds. The van der Waals surface area contributed by atoms with E-state index >= 15 is 0 Å². The van der Waals surface area contributed by atoms with E-state index in [1.807, 2.05) is 22.9 Å². The van der Waals surface area contributed by atoms with Crippen molar-refractivity contribution < 1.29 is 9.18 Å². The number of para-hydroxylation sites is 1. The summed E-state index contributed by atoms with van der Waals surface area (Å²) in [5, 5.41) is 3.32. The zero-order chi connectivity index (χ0) is 20.4. The zero-order valence-electron chi connectivity index (χ0n) is 16.5. The second-order valence-corrected chi connectivity index (χ2v) is 8.70. The lowest BCUT2D eigenvalue weighted by molar-refractivity contribution is -0.120. The first-order valence-corrected chi connectivity index (χ1v) is 10.8. The largest absolute Gasteiger partial charge is 0.352 e. The van der Waals surface area contributed by atoms with E-state index < -0.39 is 5.25 Å². The Kier molecular flexibility index (Phi) is 5.72. The second kappa shape index (κ2) is 8.41. The normalized spacial score (nSPS) is 14.8. The van der Waals surface area contributed by atoms with Gasteiger partial charge < -0.3 is 5.32 Å². The van der Waals surface area contributed by atoms with Crippen molar-refractivity contribution in [2.75, 3.05) is 0 Å². The average molecular weight is 410 g/mol. The Morgan fingerprint density at radius 3 is 2.59 bits per heavy atom. The quantitative estimate of drug-likeness (QED) is 0.543. The number of imidazole rings is 1. The van der Waals surface area contributed by atoms with Crippen LogP contribution in [0.4, 0.5) is 4.39 Å². The summed E-state index contributed by atoms with van der Waals surface area (Å²) in [7, 11) is 0. The lowest BCUT2D eigenvalue weighted by Gasteiger charge is -2.19. The SMILES string of the molecule is CC(C)c1ccccc1-n1ccnc1SC(C(=O)NC1CC1)c1ccc(F)cc1. The molecule has 0 aliphatic heterocycles. The molecule has 1 fully saturated rings. The number of nitrogens with one attached hydrogen (secondary N) is 1. The maximum absolute atomic E-state index is 13.4. The average Bonchev–Trinajstić information content (AvgIpc) is 3.41. The molecule has 4 nitrogen and oxygen atoms in total. The van der Waals surface area contributed by atoms with Gasteiger partial charge in [0.15, 0.2) is 5.16 Å². The van der Waals surface area contributed by atoms with Crippen molar-refractivity contribution in [3.8, 4) is 5.69 Å². The molecule has 0 bridgehead atoms. The van der Waals surface area contributed by atoms with E-state index in [-0.39, 0.29) is 17.8 Å². The molecule has 1 N–H and O–H groups in total. The number of aromatic nitrogens is 2. The first-order chi connectivity index (χ1) is 14.0. The van der Waals surface area contributed by atoms with Crippen LogP contribution in [0, 0.1) is 5.82 Å². The molecule has 1 unspecified atom stereocenters. The van der Waals surface area contributed by atoms with Gasteiger partial charge in [0.2, 0.25) is 5.91 Å². The van der Waals surface area contributed by atoms with Crippen LogP contribution in [-0.4, -0.2) is 21.5 Å². The Hall–Kier alpha value is -2.60. The monoisotopic (exact) mass is 409 g/mol. The van der Waals surface area contributed by atoms with Crippen LogP contribution in [0.25, 0.3) is 5.69 Å². The Morgan fingerprint density at radius 2 is 1.90 bits per heavy atom. The Morgan fingerprint density at radius 1 is 1.17 bits per heavy atom. The molecule has 0 radical (unpaired) electrons. The minimum atomic E-state index is -0.497. The minimum Gasteiger partial charge on any atom is -0.352 e. The van der Waals surface area contributed by atoms with E-state index in [0.29, 0.717) is 5.92 Å². The highest BCUT2D eigenvalue weighted by atomic mass is 32.2. The van der Waals surface area contributed by atoms with Gasteiger partial charge in [0.05, 0.1) is 5.69 Å². The van der Waals surface area contributed by atoms with E-state index in [9.17, 15) is 9.18 Å². The number of halogens is 1. The third-order valence-corrected chi connectivity index (χ3v) is 6.22. The summed E-state index contributed by atoms with van der Waals surface area (Å²) < 4.78 is 15.5. The van der Waals surface area contributed by atoms with E-state index in [1.54, 1.807) is 18.3 Å². The summed E-state index contributed by atoms with van der Waals surface area (Å²) >= 11 is 1.39. The summed E-state index contributed by atoms with van der Waals surface area (Å²) in [5.74, 6) is -0.0132. The van der Waals surface area contributed by atoms with Crippen molar-refractivity contribution in [1.29, 1.82) is 0 Å². The fourth-order valence-electron chi connectivity index (χ4n) is 3.28. The first kappa shape index (κ1) is 19.7. The van der Waals surface area contributed by atoms with E-state index in [4.69, 9.17) is 0 Å². The van der Waals surface area contributed by atoms with Gasteiger partial charge in [-0.3, -0.25) is 9.36 Å². The van der Waals surface area contributed by atoms with Gasteiger partial charge in [-0.15, -0.1) is 0 Å². The number of hydrogen-bond donors (Lipinski definition) is 1. The van der Waals surface area contributed by atoms with Gasteiger partial charge in [-0.2, -0.15) is 0 Å². The van der Waals surface area contributed by atoms with Crippen LogP contribution in [0.3, 0.4) is 0 Å². The van der Waals surface area contributed by atoms with Crippen molar-refractivity contribution >= 4 is 17.7 Å². The molecule has 2 aromatic carbocycles. The number of carbonyl (C=O) groups is 1. The van der Waals surface area contributed by atoms with Crippen LogP contribution in [0.5, 0.6) is 0 Å². The Balaban J connectivity index is 1.68. The molecule has 6 heteroatoms. The van der Waals surface area contributed by atoms with Crippen LogP contribution in [0.2, 0.25) is 0 Å². The van der Waals surface area contributed by atoms with Crippen LogP contribution in [0.1, 0.15) is 49.0 Å². The van der Waals surface area contributed by atoms with Gasteiger partial charge in [-0.05, 0) is 48.1 Å². The number of nitrogens with zero attached hydrogens (tertiary/aromatic N) is 2. The van der Waals surface area contributed by atoms with E-state index in [0.717, 1.165) is 29.2 Å². The standard InChI is InChI=1S/C23H24FN3OS/c1-15(2)19-5-3-4-6-20(19)27-14-13-25-23(27)29-21(22(28)26-18-11-12-18)16-7-9-17(24)10-8-16/h3-10,13-15,18,21H,11-12H2,1-2H3,(H,26,28). The van der Waals surface area contributed by atoms with Gasteiger partial charge in [0, 0.05) is 18.4 Å². The zero-order valence-corrected chi connectivity index (χ0v) is 17.3. The van der Waals surface area contributed by atoms with E-state index in [2.05, 4.69) is 36.3 Å². The highest BCUT2D eigenvalue weighted by molar-refractivity contribution is 8.00. The van der Waals surface area contributed by atoms with Crippen molar-refractivity contribution in [2.45, 2.75) is 49.1 Å². The molecule has 0 saturated heterocycles. The first-order valence-electron chi connectivity index (χ1n) is 9.88. The van der Waals surface area contributed by atoms with Crippen molar-refractivity contribution in [2.24, 2.45) is 0 Å². The summed E-state index contributed by atoms with van der Waals surface area (Å²) in [6.45, 7) is 4.32. The van der Waals surface area contributed by atoms with Crippen LogP contribution in [0.15, 0.2) is 66.1 Å². The predicted molar refractivity (Wildman–Crippen MR) is 114 cm³/mol. The summed E-state index contributed by atoms with van der Waals surface area (Å²) in [6, 6.07) is 14.6. The molecule has 1 atom stereocenters. The Labute approximate surface area is 174 Å². The van der Waals surface area contributed by atoms with Crippen molar-refractivity contribution in [3.63, 3.8) is 0 Å². The highest BCUT2D eigenvalue weighted by Gasteiger charge is 2.30. The smallest absolute Gasteiger partial charge is 0.238 e. The Bertz CT molecular complexity index is 995. The van der Waals surface area contributed by atoms with E-state index in [1.165, 1.54) is 29.5 Å². The van der Waals surface area contributed by atoms with Crippen LogP contribution >= 0.6 is 11.8 Å². The van der Waals surface area contributed by atoms with Gasteiger partial charge in [0.25, 0.3) is 0 Å². The molecule has 1 aromatic heterocycles. The fraction of sp³-hybridized carbons (Fsp3) is 0.304. The third kappa shape index (κ3) is 4.53. The van der Waals surface area contributed by atoms with Crippen molar-refractivity contribution in [1.82, 2.24) is 14.9 Å². The summed E-state index contributed by atoms with van der Waals surface area (Å²) in [6.07, 6.45) is 5.70. The molecule has 0 spiro atoms. The minimum absolute atomic E-state index is 0.0594. The van der Waals surface area contributed by atoms with Gasteiger partial charge >= 0.3 is 0 Å². The predicted octanol–water partition coefficient (Wildman–Crippen LogP) is 5.25. The second-order valence-electron chi connectivity index (χ2n) is 7.63. The number of carbonyl (C=O) groups excluding carboxylic acids is 1. The lowest BCUT2D eigenvalue weighted by atomic mass is 10.0. The summed E-state index contributed by atoms with van der Waals surface area (Å²) in [5.41, 5.74) is 3.04. The van der Waals surface area contributed by atoms with Gasteiger partial charge in [-0.25, -0.2) is 9.37 Å². The number of rotatable bonds is 7. The van der Waals surface area contributed by atoms with Crippen molar-refractivity contribution in [3.05, 3.63) is 77.9 Å². The molecular weight excluding hydrogens is 385 g/mol. The highest BCUT2D eigenvalue weighted by Crippen LogP contribution is 2.37. The molecule has 1 aliphatic rings. The van der Waals surface area contributed by atoms with Crippen LogP contribution < -0.4 is 5.32 Å². The molecule has 1 aliphatic carbocycles. The maximum atomic E-state index is 13.4. The molecule has 3 aromatic rings. The number of thioether (sulfide) groups is 1. The third-order valence-electron chi connectivity index (χ3n) is 4.98. The topological polar surface area (TPSA) is 46.9 Å². The number of hydrogen-bond acceptors (Lipinski definition) is 3. The molecule has 1 heterocycles. The molecule has 1 saturated carbocycles. The molecule has 150 valence electrons. The fourth-order valence-corrected chi connectivity index (χ4v) is 4.35. The van der Waals surface area contributed by atoms with Crippen LogP contribution in [-0.2, 0) is 4.79 Å². The molecule has 4 rings (SSSR count). The number of benzene rings is 2.